The fourth-order valence-electron chi connectivity index (χ4n) is 1.91. The smallest absolute Gasteiger partial charge is 0.194 e. The molecule has 0 heterocycles. The van der Waals surface area contributed by atoms with Gasteiger partial charge in [0.1, 0.15) is 0 Å². The summed E-state index contributed by atoms with van der Waals surface area (Å²) in [4.78, 5) is 0. The first kappa shape index (κ1) is 10.4. The topological polar surface area (TPSA) is 46.2 Å². The second kappa shape index (κ2) is 3.21. The van der Waals surface area contributed by atoms with Crippen molar-refractivity contribution in [1.82, 2.24) is 0 Å². The molecule has 0 aromatic heterocycles. The van der Waals surface area contributed by atoms with Crippen molar-refractivity contribution in [2.75, 3.05) is 0 Å². The Morgan fingerprint density at radius 3 is 2.33 bits per heavy atom. The highest BCUT2D eigenvalue weighted by Crippen LogP contribution is 2.41. The lowest BCUT2D eigenvalue weighted by atomic mass is 9.71. The van der Waals surface area contributed by atoms with Gasteiger partial charge in [-0.3, -0.25) is 0 Å². The first-order valence-corrected chi connectivity index (χ1v) is 4.56. The molecule has 0 radical (unpaired) electrons. The summed E-state index contributed by atoms with van der Waals surface area (Å²) in [6.07, 6.45) is 0.323. The molecule has 1 saturated carbocycles. The SMILES string of the molecule is NC1CC(O)(c2ccc(F)c(F)c2F)C1. The molecule has 1 aliphatic rings. The van der Waals surface area contributed by atoms with Gasteiger partial charge < -0.3 is 10.8 Å². The molecule has 0 atom stereocenters. The van der Waals surface area contributed by atoms with Gasteiger partial charge in [0.15, 0.2) is 17.5 Å². The zero-order valence-electron chi connectivity index (χ0n) is 7.80. The van der Waals surface area contributed by atoms with E-state index in [1.807, 2.05) is 0 Å². The first-order valence-electron chi connectivity index (χ1n) is 4.56. The van der Waals surface area contributed by atoms with Gasteiger partial charge in [0.05, 0.1) is 5.60 Å². The molecule has 2 rings (SSSR count). The number of halogens is 3. The zero-order chi connectivity index (χ0) is 11.2. The van der Waals surface area contributed by atoms with Gasteiger partial charge in [-0.25, -0.2) is 13.2 Å². The van der Waals surface area contributed by atoms with Gasteiger partial charge in [-0.05, 0) is 18.9 Å². The minimum absolute atomic E-state index is 0.162. The number of benzene rings is 1. The standard InChI is InChI=1S/C10H10F3NO/c11-7-2-1-6(8(12)9(7)13)10(15)3-5(14)4-10/h1-2,5,15H,3-4,14H2. The van der Waals surface area contributed by atoms with E-state index in [-0.39, 0.29) is 24.4 Å². The molecule has 1 aromatic carbocycles. The monoisotopic (exact) mass is 217 g/mol. The van der Waals surface area contributed by atoms with Crippen LogP contribution in [0.4, 0.5) is 13.2 Å². The van der Waals surface area contributed by atoms with Gasteiger partial charge in [-0.2, -0.15) is 0 Å². The fourth-order valence-corrected chi connectivity index (χ4v) is 1.91. The molecule has 0 aliphatic heterocycles. The summed E-state index contributed by atoms with van der Waals surface area (Å²) >= 11 is 0. The summed E-state index contributed by atoms with van der Waals surface area (Å²) in [5.74, 6) is -4.14. The van der Waals surface area contributed by atoms with E-state index in [1.165, 1.54) is 0 Å². The second-order valence-electron chi connectivity index (χ2n) is 3.92. The minimum atomic E-state index is -1.55. The highest BCUT2D eigenvalue weighted by molar-refractivity contribution is 5.29. The largest absolute Gasteiger partial charge is 0.385 e. The number of hydrogen-bond acceptors (Lipinski definition) is 2. The van der Waals surface area contributed by atoms with Crippen LogP contribution in [0.3, 0.4) is 0 Å². The molecule has 0 amide bonds. The van der Waals surface area contributed by atoms with Crippen LogP contribution in [0.25, 0.3) is 0 Å². The van der Waals surface area contributed by atoms with Crippen molar-refractivity contribution in [3.8, 4) is 0 Å². The van der Waals surface area contributed by atoms with Crippen LogP contribution in [0, 0.1) is 17.5 Å². The summed E-state index contributed by atoms with van der Waals surface area (Å²) in [5.41, 5.74) is 3.79. The van der Waals surface area contributed by atoms with Crippen LogP contribution in [0.5, 0.6) is 0 Å². The molecule has 0 unspecified atom stereocenters. The molecular formula is C10H10F3NO. The van der Waals surface area contributed by atoms with Crippen molar-refractivity contribution >= 4 is 0 Å². The number of rotatable bonds is 1. The van der Waals surface area contributed by atoms with Gasteiger partial charge in [0, 0.05) is 11.6 Å². The molecule has 1 aromatic rings. The van der Waals surface area contributed by atoms with Crippen LogP contribution in [-0.4, -0.2) is 11.1 Å². The maximum absolute atomic E-state index is 13.3. The molecule has 2 nitrogen and oxygen atoms in total. The Morgan fingerprint density at radius 2 is 1.80 bits per heavy atom. The quantitative estimate of drug-likeness (QED) is 0.699. The van der Waals surface area contributed by atoms with Gasteiger partial charge in [0.25, 0.3) is 0 Å². The third kappa shape index (κ3) is 1.52. The van der Waals surface area contributed by atoms with E-state index in [0.717, 1.165) is 12.1 Å². The van der Waals surface area contributed by atoms with Gasteiger partial charge in [-0.1, -0.05) is 6.07 Å². The van der Waals surface area contributed by atoms with E-state index in [0.29, 0.717) is 0 Å². The Morgan fingerprint density at radius 1 is 1.20 bits per heavy atom. The van der Waals surface area contributed by atoms with Crippen molar-refractivity contribution < 1.29 is 18.3 Å². The van der Waals surface area contributed by atoms with Gasteiger partial charge in [0.2, 0.25) is 0 Å². The maximum Gasteiger partial charge on any atom is 0.194 e. The maximum atomic E-state index is 13.3. The van der Waals surface area contributed by atoms with Crippen LogP contribution >= 0.6 is 0 Å². The van der Waals surface area contributed by atoms with Crippen LogP contribution in [0.15, 0.2) is 12.1 Å². The summed E-state index contributed by atoms with van der Waals surface area (Å²) < 4.78 is 38.8. The molecule has 3 N–H and O–H groups in total. The second-order valence-corrected chi connectivity index (χ2v) is 3.92. The summed E-state index contributed by atoms with van der Waals surface area (Å²) in [6, 6.07) is 1.64. The van der Waals surface area contributed by atoms with Crippen molar-refractivity contribution in [3.63, 3.8) is 0 Å². The lowest BCUT2D eigenvalue weighted by Gasteiger charge is -2.42. The predicted molar refractivity (Wildman–Crippen MR) is 47.4 cm³/mol. The van der Waals surface area contributed by atoms with Crippen LogP contribution in [0.1, 0.15) is 18.4 Å². The molecule has 5 heteroatoms. The average molecular weight is 217 g/mol. The number of nitrogens with two attached hydrogens (primary N) is 1. The number of aliphatic hydroxyl groups is 1. The average Bonchev–Trinajstić information content (AvgIpc) is 2.12. The molecular weight excluding hydrogens is 207 g/mol. The predicted octanol–water partition coefficient (Wildman–Crippen LogP) is 1.41. The summed E-state index contributed by atoms with van der Waals surface area (Å²) in [7, 11) is 0. The first-order chi connectivity index (χ1) is 6.94. The summed E-state index contributed by atoms with van der Waals surface area (Å²) in [5, 5.41) is 9.84. The van der Waals surface area contributed by atoms with E-state index in [9.17, 15) is 18.3 Å². The normalized spacial score (nSPS) is 30.1. The van der Waals surface area contributed by atoms with Gasteiger partial charge >= 0.3 is 0 Å². The molecule has 0 saturated heterocycles. The minimum Gasteiger partial charge on any atom is -0.385 e. The Bertz CT molecular complexity index is 402. The zero-order valence-corrected chi connectivity index (χ0v) is 7.80. The van der Waals surface area contributed by atoms with E-state index >= 15 is 0 Å². The van der Waals surface area contributed by atoms with Gasteiger partial charge in [-0.15, -0.1) is 0 Å². The van der Waals surface area contributed by atoms with Crippen LogP contribution in [0.2, 0.25) is 0 Å². The van der Waals surface area contributed by atoms with E-state index < -0.39 is 23.1 Å². The fraction of sp³-hybridized carbons (Fsp3) is 0.400. The Kier molecular flexibility index (Phi) is 2.24. The molecule has 0 bridgehead atoms. The Balaban J connectivity index is 2.42. The Hall–Kier alpha value is -1.07. The molecule has 15 heavy (non-hydrogen) atoms. The number of hydrogen-bond donors (Lipinski definition) is 2. The van der Waals surface area contributed by atoms with Crippen molar-refractivity contribution in [2.45, 2.75) is 24.5 Å². The third-order valence-corrected chi connectivity index (χ3v) is 2.74. The van der Waals surface area contributed by atoms with Crippen LogP contribution in [-0.2, 0) is 5.60 Å². The van der Waals surface area contributed by atoms with Crippen molar-refractivity contribution in [2.24, 2.45) is 5.73 Å². The highest BCUT2D eigenvalue weighted by Gasteiger charge is 2.44. The van der Waals surface area contributed by atoms with E-state index in [1.54, 1.807) is 0 Å². The van der Waals surface area contributed by atoms with Crippen molar-refractivity contribution in [1.29, 1.82) is 0 Å². The lowest BCUT2D eigenvalue weighted by molar-refractivity contribution is -0.0555. The van der Waals surface area contributed by atoms with Crippen molar-refractivity contribution in [3.05, 3.63) is 35.1 Å². The van der Waals surface area contributed by atoms with Crippen LogP contribution < -0.4 is 5.73 Å². The molecule has 1 aliphatic carbocycles. The molecule has 0 spiro atoms. The highest BCUT2D eigenvalue weighted by atomic mass is 19.2. The summed E-state index contributed by atoms with van der Waals surface area (Å²) in [6.45, 7) is 0. The lowest BCUT2D eigenvalue weighted by Crippen LogP contribution is -2.49. The molecule has 1 fully saturated rings. The molecule has 82 valence electrons. The van der Waals surface area contributed by atoms with E-state index in [2.05, 4.69) is 0 Å². The third-order valence-electron chi connectivity index (χ3n) is 2.74. The van der Waals surface area contributed by atoms with E-state index in [4.69, 9.17) is 5.73 Å². The Labute approximate surface area is 84.5 Å².